The molecule has 19 heavy (non-hydrogen) atoms. The van der Waals surface area contributed by atoms with E-state index in [1.54, 1.807) is 12.1 Å². The van der Waals surface area contributed by atoms with Crippen molar-refractivity contribution in [3.05, 3.63) is 12.1 Å². The standard InChI is InChI=1S/C14H20N2O3/c1-3-9(2)6-14(17)16-11-8-13-12(7-10(11)15)18-4-5-19-13/h7-9H,3-6,15H2,1-2H3,(H,16,17). The molecular formula is C14H20N2O3. The number of hydrogen-bond acceptors (Lipinski definition) is 4. The van der Waals surface area contributed by atoms with Crippen LogP contribution in [0.3, 0.4) is 0 Å². The van der Waals surface area contributed by atoms with Crippen LogP contribution in [-0.4, -0.2) is 19.1 Å². The molecule has 2 rings (SSSR count). The molecule has 1 aliphatic heterocycles. The minimum Gasteiger partial charge on any atom is -0.486 e. The smallest absolute Gasteiger partial charge is 0.224 e. The lowest BCUT2D eigenvalue weighted by atomic mass is 10.0. The molecule has 1 heterocycles. The van der Waals surface area contributed by atoms with E-state index in [2.05, 4.69) is 12.2 Å². The summed E-state index contributed by atoms with van der Waals surface area (Å²) in [7, 11) is 0. The molecule has 1 aromatic carbocycles. The number of benzene rings is 1. The van der Waals surface area contributed by atoms with Crippen molar-refractivity contribution in [3.8, 4) is 11.5 Å². The van der Waals surface area contributed by atoms with Crippen LogP contribution in [0.25, 0.3) is 0 Å². The molecule has 3 N–H and O–H groups in total. The zero-order chi connectivity index (χ0) is 13.8. The highest BCUT2D eigenvalue weighted by Crippen LogP contribution is 2.37. The van der Waals surface area contributed by atoms with Gasteiger partial charge < -0.3 is 20.5 Å². The van der Waals surface area contributed by atoms with E-state index in [1.807, 2.05) is 6.92 Å². The first-order valence-electron chi connectivity index (χ1n) is 6.59. The molecule has 5 heteroatoms. The fraction of sp³-hybridized carbons (Fsp3) is 0.500. The van der Waals surface area contributed by atoms with Crippen molar-refractivity contribution >= 4 is 17.3 Å². The van der Waals surface area contributed by atoms with E-state index in [-0.39, 0.29) is 5.91 Å². The average Bonchev–Trinajstić information content (AvgIpc) is 2.39. The summed E-state index contributed by atoms with van der Waals surface area (Å²) < 4.78 is 10.9. The third-order valence-electron chi connectivity index (χ3n) is 3.22. The van der Waals surface area contributed by atoms with Crippen molar-refractivity contribution in [1.82, 2.24) is 0 Å². The van der Waals surface area contributed by atoms with Crippen molar-refractivity contribution < 1.29 is 14.3 Å². The fourth-order valence-electron chi connectivity index (χ4n) is 1.87. The second kappa shape index (κ2) is 5.82. The maximum absolute atomic E-state index is 11.9. The lowest BCUT2D eigenvalue weighted by Gasteiger charge is -2.20. The molecule has 0 spiro atoms. The molecule has 1 aliphatic rings. The number of carbonyl (C=O) groups is 1. The normalized spacial score (nSPS) is 14.8. The van der Waals surface area contributed by atoms with E-state index in [0.717, 1.165) is 6.42 Å². The lowest BCUT2D eigenvalue weighted by Crippen LogP contribution is -2.18. The molecule has 1 atom stereocenters. The van der Waals surface area contributed by atoms with Gasteiger partial charge in [-0.3, -0.25) is 4.79 Å². The third kappa shape index (κ3) is 3.30. The molecular weight excluding hydrogens is 244 g/mol. The molecule has 1 amide bonds. The number of fused-ring (bicyclic) bond motifs is 1. The number of carbonyl (C=O) groups excluding carboxylic acids is 1. The molecule has 5 nitrogen and oxygen atoms in total. The number of hydrogen-bond donors (Lipinski definition) is 2. The summed E-state index contributed by atoms with van der Waals surface area (Å²) in [6.07, 6.45) is 1.47. The molecule has 0 radical (unpaired) electrons. The maximum atomic E-state index is 11.9. The number of amides is 1. The maximum Gasteiger partial charge on any atom is 0.224 e. The van der Waals surface area contributed by atoms with E-state index in [9.17, 15) is 4.79 Å². The molecule has 104 valence electrons. The van der Waals surface area contributed by atoms with Crippen LogP contribution < -0.4 is 20.5 Å². The number of rotatable bonds is 4. The van der Waals surface area contributed by atoms with Crippen LogP contribution in [0.15, 0.2) is 12.1 Å². The Kier molecular flexibility index (Phi) is 4.14. The molecule has 0 saturated heterocycles. The first kappa shape index (κ1) is 13.5. The number of nitrogens with two attached hydrogens (primary N) is 1. The van der Waals surface area contributed by atoms with Gasteiger partial charge in [0.05, 0.1) is 11.4 Å². The van der Waals surface area contributed by atoms with Crippen LogP contribution in [0.4, 0.5) is 11.4 Å². The van der Waals surface area contributed by atoms with Crippen LogP contribution >= 0.6 is 0 Å². The van der Waals surface area contributed by atoms with Crippen molar-refractivity contribution in [1.29, 1.82) is 0 Å². The van der Waals surface area contributed by atoms with Gasteiger partial charge in [0.1, 0.15) is 13.2 Å². The summed E-state index contributed by atoms with van der Waals surface area (Å²) in [5, 5.41) is 2.83. The Morgan fingerprint density at radius 2 is 2.00 bits per heavy atom. The van der Waals surface area contributed by atoms with E-state index >= 15 is 0 Å². The fourth-order valence-corrected chi connectivity index (χ4v) is 1.87. The first-order chi connectivity index (χ1) is 9.10. The Balaban J connectivity index is 2.10. The lowest BCUT2D eigenvalue weighted by molar-refractivity contribution is -0.117. The Morgan fingerprint density at radius 1 is 1.37 bits per heavy atom. The zero-order valence-electron chi connectivity index (χ0n) is 11.4. The van der Waals surface area contributed by atoms with Gasteiger partial charge in [0, 0.05) is 18.6 Å². The summed E-state index contributed by atoms with van der Waals surface area (Å²) >= 11 is 0. The minimum absolute atomic E-state index is 0.0299. The zero-order valence-corrected chi connectivity index (χ0v) is 11.4. The summed E-state index contributed by atoms with van der Waals surface area (Å²) in [5.41, 5.74) is 6.97. The second-order valence-electron chi connectivity index (χ2n) is 4.85. The van der Waals surface area contributed by atoms with E-state index in [0.29, 0.717) is 48.4 Å². The van der Waals surface area contributed by atoms with Crippen molar-refractivity contribution in [3.63, 3.8) is 0 Å². The number of nitrogen functional groups attached to an aromatic ring is 1. The van der Waals surface area contributed by atoms with Crippen LogP contribution in [-0.2, 0) is 4.79 Å². The van der Waals surface area contributed by atoms with Crippen LogP contribution in [0.1, 0.15) is 26.7 Å². The van der Waals surface area contributed by atoms with Gasteiger partial charge in [-0.25, -0.2) is 0 Å². The van der Waals surface area contributed by atoms with E-state index in [4.69, 9.17) is 15.2 Å². The minimum atomic E-state index is -0.0299. The number of nitrogens with one attached hydrogen (secondary N) is 1. The van der Waals surface area contributed by atoms with Crippen molar-refractivity contribution in [2.75, 3.05) is 24.3 Å². The Labute approximate surface area is 113 Å². The highest BCUT2D eigenvalue weighted by molar-refractivity contribution is 5.94. The third-order valence-corrected chi connectivity index (χ3v) is 3.22. The van der Waals surface area contributed by atoms with Gasteiger partial charge in [-0.2, -0.15) is 0 Å². The topological polar surface area (TPSA) is 73.6 Å². The molecule has 0 fully saturated rings. The van der Waals surface area contributed by atoms with Crippen LogP contribution in [0, 0.1) is 5.92 Å². The Bertz CT molecular complexity index is 474. The summed E-state index contributed by atoms with van der Waals surface area (Å²) in [5.74, 6) is 1.58. The van der Waals surface area contributed by atoms with Gasteiger partial charge in [-0.15, -0.1) is 0 Å². The monoisotopic (exact) mass is 264 g/mol. The van der Waals surface area contributed by atoms with Gasteiger partial charge in [0.2, 0.25) is 5.91 Å². The summed E-state index contributed by atoms with van der Waals surface area (Å²) in [6.45, 7) is 5.15. The number of ether oxygens (including phenoxy) is 2. The quantitative estimate of drug-likeness (QED) is 0.819. The highest BCUT2D eigenvalue weighted by Gasteiger charge is 2.16. The molecule has 0 aromatic heterocycles. The summed E-state index contributed by atoms with van der Waals surface area (Å²) in [4.78, 5) is 11.9. The van der Waals surface area contributed by atoms with Crippen molar-refractivity contribution in [2.45, 2.75) is 26.7 Å². The Hall–Kier alpha value is -1.91. The highest BCUT2D eigenvalue weighted by atomic mass is 16.6. The second-order valence-corrected chi connectivity index (χ2v) is 4.85. The number of anilines is 2. The van der Waals surface area contributed by atoms with Gasteiger partial charge in [0.25, 0.3) is 0 Å². The molecule has 0 bridgehead atoms. The molecule has 0 saturated carbocycles. The SMILES string of the molecule is CCC(C)CC(=O)Nc1cc2c(cc1N)OCCO2. The summed E-state index contributed by atoms with van der Waals surface area (Å²) in [6, 6.07) is 3.41. The average molecular weight is 264 g/mol. The molecule has 1 aromatic rings. The first-order valence-corrected chi connectivity index (χ1v) is 6.59. The van der Waals surface area contributed by atoms with E-state index < -0.39 is 0 Å². The van der Waals surface area contributed by atoms with Crippen LogP contribution in [0.5, 0.6) is 11.5 Å². The predicted octanol–water partition coefficient (Wildman–Crippen LogP) is 2.41. The van der Waals surface area contributed by atoms with Crippen LogP contribution in [0.2, 0.25) is 0 Å². The van der Waals surface area contributed by atoms with Gasteiger partial charge in [0.15, 0.2) is 11.5 Å². The van der Waals surface area contributed by atoms with Gasteiger partial charge >= 0.3 is 0 Å². The predicted molar refractivity (Wildman–Crippen MR) is 74.5 cm³/mol. The van der Waals surface area contributed by atoms with Crippen molar-refractivity contribution in [2.24, 2.45) is 5.92 Å². The van der Waals surface area contributed by atoms with Gasteiger partial charge in [-0.1, -0.05) is 20.3 Å². The Morgan fingerprint density at radius 3 is 2.63 bits per heavy atom. The van der Waals surface area contributed by atoms with Gasteiger partial charge in [-0.05, 0) is 5.92 Å². The molecule has 0 aliphatic carbocycles. The molecule has 1 unspecified atom stereocenters. The van der Waals surface area contributed by atoms with E-state index in [1.165, 1.54) is 0 Å². The largest absolute Gasteiger partial charge is 0.486 e.